The van der Waals surface area contributed by atoms with Crippen LogP contribution in [0.15, 0.2) is 22.2 Å². The molecule has 0 spiro atoms. The number of rotatable bonds is 10. The first-order valence-electron chi connectivity index (χ1n) is 12.4. The summed E-state index contributed by atoms with van der Waals surface area (Å²) in [6.45, 7) is 0.262. The Morgan fingerprint density at radius 1 is 1.05 bits per heavy atom. The van der Waals surface area contributed by atoms with Crippen molar-refractivity contribution in [2.45, 2.75) is 56.0 Å². The van der Waals surface area contributed by atoms with Crippen LogP contribution in [0.1, 0.15) is 18.3 Å². The van der Waals surface area contributed by atoms with E-state index >= 15 is 0 Å². The summed E-state index contributed by atoms with van der Waals surface area (Å²) in [5.41, 5.74) is 4.33. The molecule has 21 heteroatoms. The molecule has 0 aliphatic carbocycles. The normalized spacial score (nSPS) is 31.1. The zero-order valence-electron chi connectivity index (χ0n) is 22.4. The van der Waals surface area contributed by atoms with Gasteiger partial charge in [0.2, 0.25) is 5.95 Å². The van der Waals surface area contributed by atoms with Gasteiger partial charge in [0, 0.05) is 14.2 Å². The number of aryl methyl sites for hydroxylation is 1. The number of nitrogens with zero attached hydrogens (tertiary/aromatic N) is 6. The molecule has 230 valence electrons. The minimum atomic E-state index is -4.94. The zero-order chi connectivity index (χ0) is 30.3. The van der Waals surface area contributed by atoms with E-state index < -0.39 is 81.4 Å². The minimum Gasteiger partial charge on any atom is -0.394 e. The highest BCUT2D eigenvalue weighted by Crippen LogP contribution is 2.49. The summed E-state index contributed by atoms with van der Waals surface area (Å²) in [6.07, 6.45) is -7.30. The first-order valence-corrected chi connectivity index (χ1v) is 13.9. The number of phosphoric acid groups is 1. The largest absolute Gasteiger partial charge is 0.472 e. The number of ether oxygens (including phenoxy) is 4. The van der Waals surface area contributed by atoms with Gasteiger partial charge in [-0.1, -0.05) is 0 Å². The maximum Gasteiger partial charge on any atom is 0.472 e. The fourth-order valence-corrected chi connectivity index (χ4v) is 5.86. The highest BCUT2D eigenvalue weighted by Gasteiger charge is 2.51. The number of aromatic amines is 1. The molecule has 42 heavy (non-hydrogen) atoms. The van der Waals surface area contributed by atoms with Crippen LogP contribution in [0.2, 0.25) is 0 Å². The lowest BCUT2D eigenvalue weighted by Crippen LogP contribution is -2.39. The predicted molar refractivity (Wildman–Crippen MR) is 137 cm³/mol. The molecule has 2 saturated heterocycles. The number of hydrogen-bond donors (Lipinski definition) is 5. The number of aliphatic hydroxyl groups excluding tert-OH is 2. The Hall–Kier alpha value is -3.17. The van der Waals surface area contributed by atoms with E-state index in [1.54, 1.807) is 6.92 Å². The number of aromatic nitrogens is 7. The molecular formula is C21H29N8O12P. The van der Waals surface area contributed by atoms with Crippen molar-refractivity contribution in [1.82, 2.24) is 34.1 Å². The van der Waals surface area contributed by atoms with E-state index in [0.717, 1.165) is 10.9 Å². The van der Waals surface area contributed by atoms with Crippen LogP contribution >= 0.6 is 7.82 Å². The SMILES string of the molecule is COC1[C@@H](OP(=O)(O)OC[C@H]2O[C@@H](n3cnc4c(=O)[nH]c(C)nc43)C(OC)[C@H]2O)[C@@H](CO)O[C@H]1n1cnc(N)nc1=O. The van der Waals surface area contributed by atoms with Crippen LogP contribution in [0.3, 0.4) is 0 Å². The van der Waals surface area contributed by atoms with E-state index in [4.69, 9.17) is 33.7 Å². The van der Waals surface area contributed by atoms with Gasteiger partial charge in [-0.15, -0.1) is 0 Å². The summed E-state index contributed by atoms with van der Waals surface area (Å²) in [7, 11) is -2.38. The summed E-state index contributed by atoms with van der Waals surface area (Å²) in [5, 5.41) is 20.7. The standard InChI is InChI=1S/C21H29N8O12P/c1-8-25-16-11(17(32)26-8)23-6-28(16)18-14(36-2)12(31)10(40-18)5-38-42(34,35)41-13-9(4-30)39-19(15(13)37-3)29-7-24-20(22)27-21(29)33/h6-7,9-10,12-15,18-19,30-31H,4-5H2,1-3H3,(H,34,35)(H2,22,27,33)(H,25,26,32)/t9-,10-,12+,13+,14?,15?,18-,19-/m1/s1. The molecule has 2 aliphatic rings. The smallest absolute Gasteiger partial charge is 0.394 e. The van der Waals surface area contributed by atoms with Crippen LogP contribution in [0, 0.1) is 6.92 Å². The lowest BCUT2D eigenvalue weighted by atomic mass is 10.1. The number of hydrogen-bond acceptors (Lipinski definition) is 16. The van der Waals surface area contributed by atoms with Crippen LogP contribution in [-0.4, -0.2) is 113 Å². The van der Waals surface area contributed by atoms with E-state index in [9.17, 15) is 29.3 Å². The highest BCUT2D eigenvalue weighted by molar-refractivity contribution is 7.47. The van der Waals surface area contributed by atoms with Crippen molar-refractivity contribution in [3.8, 4) is 0 Å². The maximum atomic E-state index is 13.0. The van der Waals surface area contributed by atoms with Crippen molar-refractivity contribution >= 4 is 24.9 Å². The van der Waals surface area contributed by atoms with Crippen molar-refractivity contribution in [3.05, 3.63) is 39.3 Å². The third-order valence-corrected chi connectivity index (χ3v) is 7.81. The van der Waals surface area contributed by atoms with Crippen molar-refractivity contribution in [3.63, 3.8) is 0 Å². The van der Waals surface area contributed by atoms with Gasteiger partial charge in [-0.3, -0.25) is 23.0 Å². The van der Waals surface area contributed by atoms with E-state index in [2.05, 4.69) is 24.9 Å². The molecule has 3 aromatic heterocycles. The number of aliphatic hydroxyl groups is 2. The third-order valence-electron chi connectivity index (χ3n) is 6.82. The van der Waals surface area contributed by atoms with E-state index in [1.165, 1.54) is 25.1 Å². The van der Waals surface area contributed by atoms with Gasteiger partial charge in [0.15, 0.2) is 23.6 Å². The molecule has 5 heterocycles. The molecule has 6 N–H and O–H groups in total. The van der Waals surface area contributed by atoms with Crippen molar-refractivity contribution in [2.75, 3.05) is 33.2 Å². The van der Waals surface area contributed by atoms with Gasteiger partial charge in [0.05, 0.1) is 19.5 Å². The van der Waals surface area contributed by atoms with E-state index in [1.807, 2.05) is 0 Å². The van der Waals surface area contributed by atoms with Gasteiger partial charge in [0.1, 0.15) is 48.8 Å². The number of H-pyrrole nitrogens is 1. The van der Waals surface area contributed by atoms with Crippen LogP contribution in [0.4, 0.5) is 5.95 Å². The number of nitrogen functional groups attached to an aromatic ring is 1. The molecule has 0 radical (unpaired) electrons. The Kier molecular flexibility index (Phi) is 8.54. The fraction of sp³-hybridized carbons (Fsp3) is 0.619. The first kappa shape index (κ1) is 30.3. The minimum absolute atomic E-state index is 0.0394. The van der Waals surface area contributed by atoms with Gasteiger partial charge < -0.3 is 44.8 Å². The summed E-state index contributed by atoms with van der Waals surface area (Å²) < 4.78 is 48.1. The van der Waals surface area contributed by atoms with Crippen LogP contribution in [-0.2, 0) is 32.6 Å². The molecule has 0 amide bonds. The second-order valence-corrected chi connectivity index (χ2v) is 10.8. The van der Waals surface area contributed by atoms with Crippen LogP contribution in [0.25, 0.3) is 11.2 Å². The van der Waals surface area contributed by atoms with Gasteiger partial charge in [-0.2, -0.15) is 4.98 Å². The monoisotopic (exact) mass is 616 g/mol. The zero-order valence-corrected chi connectivity index (χ0v) is 23.3. The molecule has 0 bridgehead atoms. The van der Waals surface area contributed by atoms with Crippen molar-refractivity contribution in [1.29, 1.82) is 0 Å². The predicted octanol–water partition coefficient (Wildman–Crippen LogP) is -2.66. The van der Waals surface area contributed by atoms with Gasteiger partial charge in [-0.05, 0) is 6.92 Å². The summed E-state index contributed by atoms with van der Waals surface area (Å²) in [4.78, 5) is 53.2. The molecule has 0 saturated carbocycles. The summed E-state index contributed by atoms with van der Waals surface area (Å²) in [5.74, 6) is 0.0426. The van der Waals surface area contributed by atoms with Crippen molar-refractivity contribution in [2.24, 2.45) is 0 Å². The lowest BCUT2D eigenvalue weighted by molar-refractivity contribution is -0.0630. The second kappa shape index (κ2) is 11.8. The number of nitrogens with two attached hydrogens (primary N) is 1. The molecule has 20 nitrogen and oxygen atoms in total. The Labute approximate surface area is 235 Å². The molecular weight excluding hydrogens is 587 g/mol. The number of nitrogens with one attached hydrogen (secondary N) is 1. The Balaban J connectivity index is 1.30. The molecule has 3 unspecified atom stereocenters. The quantitative estimate of drug-likeness (QED) is 0.145. The Morgan fingerprint density at radius 2 is 1.71 bits per heavy atom. The third kappa shape index (κ3) is 5.61. The summed E-state index contributed by atoms with van der Waals surface area (Å²) in [6, 6.07) is 0. The maximum absolute atomic E-state index is 13.0. The Morgan fingerprint density at radius 3 is 2.38 bits per heavy atom. The molecule has 9 atom stereocenters. The first-order chi connectivity index (χ1) is 20.0. The van der Waals surface area contributed by atoms with Gasteiger partial charge >= 0.3 is 13.5 Å². The number of phosphoric ester groups is 1. The molecule has 5 rings (SSSR count). The number of fused-ring (bicyclic) bond motifs is 1. The van der Waals surface area contributed by atoms with E-state index in [0.29, 0.717) is 5.82 Å². The van der Waals surface area contributed by atoms with Crippen LogP contribution < -0.4 is 17.0 Å². The van der Waals surface area contributed by atoms with Gasteiger partial charge in [0.25, 0.3) is 5.56 Å². The van der Waals surface area contributed by atoms with Crippen LogP contribution in [0.5, 0.6) is 0 Å². The van der Waals surface area contributed by atoms with Gasteiger partial charge in [-0.25, -0.2) is 24.3 Å². The molecule has 2 aliphatic heterocycles. The molecule has 0 aromatic carbocycles. The second-order valence-electron chi connectivity index (χ2n) is 9.42. The fourth-order valence-electron chi connectivity index (χ4n) is 4.90. The lowest BCUT2D eigenvalue weighted by Gasteiger charge is -2.25. The van der Waals surface area contributed by atoms with Crippen molar-refractivity contribution < 1.29 is 47.7 Å². The number of anilines is 1. The van der Waals surface area contributed by atoms with E-state index in [-0.39, 0.29) is 17.1 Å². The summed E-state index contributed by atoms with van der Waals surface area (Å²) >= 11 is 0. The average Bonchev–Trinajstić information content (AvgIpc) is 3.60. The topological polar surface area (TPSA) is 271 Å². The average molecular weight is 616 g/mol. The number of imidazole rings is 1. The highest BCUT2D eigenvalue weighted by atomic mass is 31.2. The number of methoxy groups -OCH3 is 2. The molecule has 3 aromatic rings. The molecule has 2 fully saturated rings. The Bertz CT molecular complexity index is 1600.